The minimum atomic E-state index is 0.649. The van der Waals surface area contributed by atoms with E-state index in [0.29, 0.717) is 17.7 Å². The molecule has 5 aromatic rings. The Balaban J connectivity index is 1.41. The molecule has 4 N–H and O–H groups in total. The maximum absolute atomic E-state index is 5.12. The van der Waals surface area contributed by atoms with Crippen LogP contribution in [0.2, 0.25) is 0 Å². The number of nitrogens with zero attached hydrogens (tertiary/aromatic N) is 8. The fraction of sp³-hybridized carbons (Fsp3) is 0.143. The summed E-state index contributed by atoms with van der Waals surface area (Å²) >= 11 is 0. The molecule has 0 saturated heterocycles. The lowest BCUT2D eigenvalue weighted by molar-refractivity contribution is 0.918. The minimum absolute atomic E-state index is 0.649. The van der Waals surface area contributed by atoms with E-state index in [1.165, 1.54) is 0 Å². The molecule has 2 aliphatic heterocycles. The van der Waals surface area contributed by atoms with E-state index in [1.807, 2.05) is 81.7 Å². The third-order valence-corrected chi connectivity index (χ3v) is 6.60. The molecule has 198 valence electrons. The molecule has 40 heavy (non-hydrogen) atoms. The lowest BCUT2D eigenvalue weighted by Gasteiger charge is -2.04. The molecule has 12 nitrogen and oxygen atoms in total. The summed E-state index contributed by atoms with van der Waals surface area (Å²) in [5.41, 5.74) is 11.9. The zero-order valence-electron chi connectivity index (χ0n) is 21.5. The molecule has 5 heterocycles. The number of rotatable bonds is 6. The van der Waals surface area contributed by atoms with Gasteiger partial charge in [-0.25, -0.2) is 30.8 Å². The molecule has 0 bridgehead atoms. The summed E-state index contributed by atoms with van der Waals surface area (Å²) in [6.07, 6.45) is 5.50. The van der Waals surface area contributed by atoms with Gasteiger partial charge in [0.25, 0.3) is 0 Å². The molecule has 12 heteroatoms. The Morgan fingerprint density at radius 2 is 1.27 bits per heavy atom. The highest BCUT2D eigenvalue weighted by Crippen LogP contribution is 2.28. The van der Waals surface area contributed by atoms with Gasteiger partial charge in [0.1, 0.15) is 5.65 Å². The second-order valence-electron chi connectivity index (χ2n) is 9.16. The first-order valence-electron chi connectivity index (χ1n) is 13.0. The molecular formula is C28H26N12. The minimum Gasteiger partial charge on any atom is -0.353 e. The van der Waals surface area contributed by atoms with Gasteiger partial charge < -0.3 is 10.6 Å². The molecule has 0 amide bonds. The second kappa shape index (κ2) is 10.3. The van der Waals surface area contributed by atoms with Crippen LogP contribution in [0.3, 0.4) is 0 Å². The first-order valence-corrected chi connectivity index (χ1v) is 13.0. The van der Waals surface area contributed by atoms with Gasteiger partial charge >= 0.3 is 0 Å². The average Bonchev–Trinajstić information content (AvgIpc) is 3.81. The Bertz CT molecular complexity index is 1800. The Morgan fingerprint density at radius 1 is 0.700 bits per heavy atom. The van der Waals surface area contributed by atoms with Gasteiger partial charge in [-0.3, -0.25) is 8.80 Å². The van der Waals surface area contributed by atoms with Crippen LogP contribution in [0, 0.1) is 0 Å². The molecule has 2 aliphatic rings. The van der Waals surface area contributed by atoms with E-state index in [-0.39, 0.29) is 0 Å². The molecule has 0 atom stereocenters. The lowest BCUT2D eigenvalue weighted by Crippen LogP contribution is -2.30. The molecule has 7 rings (SSSR count). The number of hydrogen-bond donors (Lipinski definition) is 4. The number of imidazole rings is 2. The van der Waals surface area contributed by atoms with Crippen molar-refractivity contribution in [1.29, 1.82) is 0 Å². The zero-order valence-corrected chi connectivity index (χ0v) is 21.5. The SMILES string of the molecule is C(=N\NC1=NCCN1)/c1c(-c2ccccc2)nc2n1ccc1nc(-c3ccccc3)c(/C=N/NC3=NCCN3)n12. The lowest BCUT2D eigenvalue weighted by atomic mass is 10.1. The van der Waals surface area contributed by atoms with E-state index in [9.17, 15) is 0 Å². The van der Waals surface area contributed by atoms with Crippen molar-refractivity contribution in [3.05, 3.63) is 84.3 Å². The van der Waals surface area contributed by atoms with Gasteiger partial charge in [0.15, 0.2) is 0 Å². The van der Waals surface area contributed by atoms with E-state index in [1.54, 1.807) is 12.4 Å². The predicted molar refractivity (Wildman–Crippen MR) is 157 cm³/mol. The van der Waals surface area contributed by atoms with E-state index in [2.05, 4.69) is 41.7 Å². The molecule has 2 aromatic carbocycles. The van der Waals surface area contributed by atoms with Gasteiger partial charge in [-0.2, -0.15) is 10.2 Å². The summed E-state index contributed by atoms with van der Waals surface area (Å²) in [4.78, 5) is 18.8. The summed E-state index contributed by atoms with van der Waals surface area (Å²) in [6, 6.07) is 22.1. The second-order valence-corrected chi connectivity index (χ2v) is 9.16. The van der Waals surface area contributed by atoms with Gasteiger partial charge in [-0.05, 0) is 6.07 Å². The number of fused-ring (bicyclic) bond motifs is 3. The number of aromatic nitrogens is 4. The van der Waals surface area contributed by atoms with E-state index >= 15 is 0 Å². The van der Waals surface area contributed by atoms with Gasteiger partial charge in [0.2, 0.25) is 17.7 Å². The summed E-state index contributed by atoms with van der Waals surface area (Å²) in [5, 5.41) is 15.3. The predicted octanol–water partition coefficient (Wildman–Crippen LogP) is 2.08. The summed E-state index contributed by atoms with van der Waals surface area (Å²) < 4.78 is 4.02. The first-order chi connectivity index (χ1) is 19.8. The van der Waals surface area contributed by atoms with E-state index < -0.39 is 0 Å². The smallest absolute Gasteiger partial charge is 0.221 e. The fourth-order valence-electron chi connectivity index (χ4n) is 4.77. The van der Waals surface area contributed by atoms with Crippen molar-refractivity contribution < 1.29 is 0 Å². The highest BCUT2D eigenvalue weighted by molar-refractivity contribution is 5.93. The zero-order chi connectivity index (χ0) is 26.7. The van der Waals surface area contributed by atoms with Crippen LogP contribution < -0.4 is 21.5 Å². The van der Waals surface area contributed by atoms with Crippen LogP contribution in [0.15, 0.2) is 93.1 Å². The van der Waals surface area contributed by atoms with Crippen LogP contribution >= 0.6 is 0 Å². The van der Waals surface area contributed by atoms with Gasteiger partial charge in [-0.1, -0.05) is 60.7 Å². The Kier molecular flexibility index (Phi) is 6.09. The maximum atomic E-state index is 5.12. The highest BCUT2D eigenvalue weighted by atomic mass is 15.4. The van der Waals surface area contributed by atoms with Crippen molar-refractivity contribution in [2.24, 2.45) is 20.2 Å². The van der Waals surface area contributed by atoms with E-state index in [4.69, 9.17) is 9.97 Å². The van der Waals surface area contributed by atoms with Crippen molar-refractivity contribution in [1.82, 2.24) is 40.3 Å². The number of hydrazone groups is 2. The third-order valence-electron chi connectivity index (χ3n) is 6.60. The highest BCUT2D eigenvalue weighted by Gasteiger charge is 2.20. The molecule has 0 aliphatic carbocycles. The van der Waals surface area contributed by atoms with Crippen molar-refractivity contribution in [2.45, 2.75) is 0 Å². The number of benzene rings is 2. The van der Waals surface area contributed by atoms with Crippen molar-refractivity contribution in [3.8, 4) is 22.5 Å². The normalized spacial score (nSPS) is 15.1. The van der Waals surface area contributed by atoms with Crippen molar-refractivity contribution in [3.63, 3.8) is 0 Å². The van der Waals surface area contributed by atoms with Gasteiger partial charge in [0.05, 0.1) is 48.3 Å². The number of nitrogens with one attached hydrogen (secondary N) is 4. The van der Waals surface area contributed by atoms with Crippen molar-refractivity contribution >= 4 is 35.8 Å². The Hall–Kier alpha value is -5.52. The molecule has 0 fully saturated rings. The summed E-state index contributed by atoms with van der Waals surface area (Å²) in [6.45, 7) is 3.05. The van der Waals surface area contributed by atoms with Crippen LogP contribution in [0.5, 0.6) is 0 Å². The van der Waals surface area contributed by atoms with Crippen LogP contribution in [0.4, 0.5) is 0 Å². The largest absolute Gasteiger partial charge is 0.353 e. The van der Waals surface area contributed by atoms with Crippen LogP contribution in [-0.2, 0) is 0 Å². The Morgan fingerprint density at radius 3 is 1.85 bits per heavy atom. The molecule has 3 aromatic heterocycles. The molecule has 0 unspecified atom stereocenters. The molecule has 0 saturated carbocycles. The number of guanidine groups is 2. The summed E-state index contributed by atoms with van der Waals surface area (Å²) in [7, 11) is 0. The van der Waals surface area contributed by atoms with Crippen LogP contribution in [0.25, 0.3) is 33.9 Å². The first kappa shape index (κ1) is 23.6. The number of aliphatic imine (C=N–C) groups is 2. The fourth-order valence-corrected chi connectivity index (χ4v) is 4.77. The molecular weight excluding hydrogens is 504 g/mol. The Labute approximate surface area is 229 Å². The topological polar surface area (TPSA) is 132 Å². The van der Waals surface area contributed by atoms with Crippen LogP contribution in [0.1, 0.15) is 11.4 Å². The maximum Gasteiger partial charge on any atom is 0.221 e. The monoisotopic (exact) mass is 530 g/mol. The molecule has 0 radical (unpaired) electrons. The third kappa shape index (κ3) is 4.41. The summed E-state index contributed by atoms with van der Waals surface area (Å²) in [5.74, 6) is 1.99. The quantitative estimate of drug-likeness (QED) is 0.196. The average molecular weight is 531 g/mol. The standard InChI is InChI=1S/C28H26N12/c1-3-7-19(8-4-1)24-21(17-33-37-26-29-12-13-30-26)39-16-11-23-35-25(20-9-5-2-6-10-20)22(40(23)28(39)36-24)18-34-38-27-31-14-15-32-27/h1-11,16-18H,12-15H2,(H2,29,30,37)(H2,31,32,38)/b33-17+,34-18+. The van der Waals surface area contributed by atoms with Gasteiger partial charge in [-0.15, -0.1) is 0 Å². The number of hydrogen-bond acceptors (Lipinski definition) is 10. The van der Waals surface area contributed by atoms with Crippen molar-refractivity contribution in [2.75, 3.05) is 26.2 Å². The van der Waals surface area contributed by atoms with Crippen LogP contribution in [-0.4, -0.2) is 69.3 Å². The van der Waals surface area contributed by atoms with Gasteiger partial charge in [0, 0.05) is 30.4 Å². The molecule has 0 spiro atoms. The van der Waals surface area contributed by atoms with E-state index in [0.717, 1.165) is 65.7 Å².